The SMILES string of the molecule is Cc1cc(N2C[C@H]3CC[C@@H](C2)[C@@H]3Nc2nc3n(n2)CC[C@H]3Oc2ccc(Cl)cc2)ncn1. The number of hydrogen-bond donors (Lipinski definition) is 1. The van der Waals surface area contributed by atoms with Gasteiger partial charge in [0, 0.05) is 48.9 Å². The molecule has 1 saturated carbocycles. The Balaban J connectivity index is 1.14. The van der Waals surface area contributed by atoms with Crippen LogP contribution in [0.1, 0.15) is 36.9 Å². The predicted molar refractivity (Wildman–Crippen MR) is 122 cm³/mol. The molecule has 1 aromatic carbocycles. The number of fused-ring (bicyclic) bond motifs is 3. The number of anilines is 2. The molecule has 4 atom stereocenters. The second-order valence-corrected chi connectivity index (χ2v) is 9.49. The minimum absolute atomic E-state index is 0.0844. The lowest BCUT2D eigenvalue weighted by Crippen LogP contribution is -2.48. The zero-order valence-electron chi connectivity index (χ0n) is 18.0. The van der Waals surface area contributed by atoms with Crippen molar-refractivity contribution in [2.75, 3.05) is 23.3 Å². The number of benzene rings is 1. The van der Waals surface area contributed by atoms with E-state index in [0.29, 0.717) is 22.9 Å². The van der Waals surface area contributed by atoms with E-state index in [2.05, 4.69) is 26.3 Å². The smallest absolute Gasteiger partial charge is 0.242 e. The number of nitrogens with one attached hydrogen (secondary N) is 1. The van der Waals surface area contributed by atoms with Crippen LogP contribution in [0.3, 0.4) is 0 Å². The van der Waals surface area contributed by atoms with Crippen molar-refractivity contribution in [2.45, 2.75) is 44.9 Å². The summed E-state index contributed by atoms with van der Waals surface area (Å²) < 4.78 is 8.13. The number of halogens is 1. The number of aromatic nitrogens is 5. The summed E-state index contributed by atoms with van der Waals surface area (Å²) in [5.41, 5.74) is 1.01. The average Bonchev–Trinajstić information content (AvgIpc) is 3.41. The molecule has 0 amide bonds. The van der Waals surface area contributed by atoms with E-state index in [1.807, 2.05) is 35.9 Å². The van der Waals surface area contributed by atoms with Gasteiger partial charge in [0.05, 0.1) is 0 Å². The van der Waals surface area contributed by atoms with Gasteiger partial charge in [0.25, 0.3) is 0 Å². The molecule has 1 saturated heterocycles. The third-order valence-corrected chi connectivity index (χ3v) is 7.18. The maximum atomic E-state index is 6.16. The van der Waals surface area contributed by atoms with Crippen molar-refractivity contribution in [1.82, 2.24) is 24.7 Å². The standard InChI is InChI=1S/C23H26ClN7O/c1-14-10-20(26-13-25-14)30-11-15-2-3-16(12-30)21(15)27-23-28-22-19(8-9-31(22)29-23)32-18-6-4-17(24)5-7-18/h4-7,10,13,15-16,19,21H,2-3,8-9,11-12H2,1H3,(H,27,29)/t15-,16+,19-,21-/m1/s1. The lowest BCUT2D eigenvalue weighted by molar-refractivity contribution is 0.203. The van der Waals surface area contributed by atoms with Gasteiger partial charge in [-0.25, -0.2) is 14.6 Å². The molecule has 2 aromatic heterocycles. The molecule has 6 rings (SSSR count). The van der Waals surface area contributed by atoms with Crippen molar-refractivity contribution in [3.63, 3.8) is 0 Å². The zero-order chi connectivity index (χ0) is 21.7. The first-order valence-corrected chi connectivity index (χ1v) is 11.7. The van der Waals surface area contributed by atoms with Gasteiger partial charge in [-0.1, -0.05) is 11.6 Å². The fourth-order valence-corrected chi connectivity index (χ4v) is 5.51. The van der Waals surface area contributed by atoms with E-state index in [1.165, 1.54) is 12.8 Å². The molecule has 0 unspecified atom stereocenters. The summed E-state index contributed by atoms with van der Waals surface area (Å²) in [4.78, 5) is 16.0. The summed E-state index contributed by atoms with van der Waals surface area (Å²) in [7, 11) is 0. The largest absolute Gasteiger partial charge is 0.482 e. The Labute approximate surface area is 192 Å². The Kier molecular flexibility index (Phi) is 4.90. The van der Waals surface area contributed by atoms with Gasteiger partial charge in [0.1, 0.15) is 17.9 Å². The van der Waals surface area contributed by atoms with E-state index in [-0.39, 0.29) is 6.10 Å². The highest BCUT2D eigenvalue weighted by atomic mass is 35.5. The van der Waals surface area contributed by atoms with Crippen molar-refractivity contribution in [3.05, 3.63) is 53.2 Å². The maximum absolute atomic E-state index is 6.16. The molecule has 2 fully saturated rings. The fourth-order valence-electron chi connectivity index (χ4n) is 5.38. The molecular weight excluding hydrogens is 426 g/mol. The van der Waals surface area contributed by atoms with Gasteiger partial charge in [-0.2, -0.15) is 4.98 Å². The number of ether oxygens (including phenoxy) is 1. The Morgan fingerprint density at radius 1 is 1.06 bits per heavy atom. The first-order chi connectivity index (χ1) is 15.6. The lowest BCUT2D eigenvalue weighted by atomic mass is 9.92. The first kappa shape index (κ1) is 19.8. The quantitative estimate of drug-likeness (QED) is 0.630. The highest BCUT2D eigenvalue weighted by Crippen LogP contribution is 2.40. The van der Waals surface area contributed by atoms with E-state index in [4.69, 9.17) is 26.4 Å². The van der Waals surface area contributed by atoms with Crippen LogP contribution in [-0.4, -0.2) is 43.9 Å². The number of rotatable bonds is 5. The molecule has 1 N–H and O–H groups in total. The molecule has 2 aliphatic heterocycles. The van der Waals surface area contributed by atoms with E-state index in [1.54, 1.807) is 6.33 Å². The van der Waals surface area contributed by atoms with Gasteiger partial charge >= 0.3 is 0 Å². The molecule has 1 aliphatic carbocycles. The summed E-state index contributed by atoms with van der Waals surface area (Å²) in [5.74, 6) is 4.57. The first-order valence-electron chi connectivity index (χ1n) is 11.3. The summed E-state index contributed by atoms with van der Waals surface area (Å²) in [6.07, 6.45) is 4.90. The van der Waals surface area contributed by atoms with Gasteiger partial charge in [0.15, 0.2) is 11.9 Å². The van der Waals surface area contributed by atoms with Crippen LogP contribution in [0.25, 0.3) is 0 Å². The Bertz CT molecular complexity index is 1100. The van der Waals surface area contributed by atoms with Gasteiger partial charge in [-0.3, -0.25) is 0 Å². The van der Waals surface area contributed by atoms with Crippen LogP contribution in [0, 0.1) is 18.8 Å². The molecule has 8 nitrogen and oxygen atoms in total. The summed E-state index contributed by atoms with van der Waals surface area (Å²) in [6.45, 7) is 4.84. The fraction of sp³-hybridized carbons (Fsp3) is 0.478. The normalized spacial score (nSPS) is 26.2. The highest BCUT2D eigenvalue weighted by Gasteiger charge is 2.43. The molecule has 0 spiro atoms. The Morgan fingerprint density at radius 3 is 2.59 bits per heavy atom. The van der Waals surface area contributed by atoms with Crippen LogP contribution in [0.15, 0.2) is 36.7 Å². The van der Waals surface area contributed by atoms with Crippen LogP contribution in [0.5, 0.6) is 5.75 Å². The molecule has 4 heterocycles. The van der Waals surface area contributed by atoms with E-state index in [0.717, 1.165) is 55.1 Å². The maximum Gasteiger partial charge on any atom is 0.242 e. The summed E-state index contributed by atoms with van der Waals surface area (Å²) >= 11 is 5.99. The minimum atomic E-state index is -0.0844. The number of nitrogens with zero attached hydrogens (tertiary/aromatic N) is 6. The topological polar surface area (TPSA) is 81.0 Å². The average molecular weight is 452 g/mol. The molecule has 0 radical (unpaired) electrons. The van der Waals surface area contributed by atoms with Crippen LogP contribution in [0.4, 0.5) is 11.8 Å². The van der Waals surface area contributed by atoms with Crippen LogP contribution >= 0.6 is 11.6 Å². The van der Waals surface area contributed by atoms with E-state index in [9.17, 15) is 0 Å². The van der Waals surface area contributed by atoms with Gasteiger partial charge in [0.2, 0.25) is 5.95 Å². The van der Waals surface area contributed by atoms with Crippen molar-refractivity contribution < 1.29 is 4.74 Å². The summed E-state index contributed by atoms with van der Waals surface area (Å²) in [5, 5.41) is 9.11. The Morgan fingerprint density at radius 2 is 1.84 bits per heavy atom. The molecule has 9 heteroatoms. The Hall–Kier alpha value is -2.87. The lowest BCUT2D eigenvalue weighted by Gasteiger charge is -2.38. The van der Waals surface area contributed by atoms with Gasteiger partial charge < -0.3 is 15.0 Å². The second kappa shape index (κ2) is 7.92. The van der Waals surface area contributed by atoms with E-state index < -0.39 is 0 Å². The molecule has 2 bridgehead atoms. The van der Waals surface area contributed by atoms with Crippen molar-refractivity contribution in [1.29, 1.82) is 0 Å². The van der Waals surface area contributed by atoms with Crippen molar-refractivity contribution in [2.24, 2.45) is 11.8 Å². The minimum Gasteiger partial charge on any atom is -0.482 e. The molecular formula is C23H26ClN7O. The molecule has 166 valence electrons. The number of piperidine rings is 1. The van der Waals surface area contributed by atoms with Crippen LogP contribution in [-0.2, 0) is 6.54 Å². The summed E-state index contributed by atoms with van der Waals surface area (Å²) in [6, 6.07) is 9.95. The van der Waals surface area contributed by atoms with Crippen molar-refractivity contribution >= 4 is 23.4 Å². The number of hydrogen-bond acceptors (Lipinski definition) is 7. The monoisotopic (exact) mass is 451 g/mol. The van der Waals surface area contributed by atoms with Gasteiger partial charge in [-0.05, 0) is 55.9 Å². The third kappa shape index (κ3) is 3.66. The van der Waals surface area contributed by atoms with E-state index >= 15 is 0 Å². The molecule has 3 aliphatic rings. The third-order valence-electron chi connectivity index (χ3n) is 6.93. The number of aryl methyl sites for hydroxylation is 2. The van der Waals surface area contributed by atoms with Crippen molar-refractivity contribution in [3.8, 4) is 5.75 Å². The predicted octanol–water partition coefficient (Wildman–Crippen LogP) is 3.88. The molecule has 3 aromatic rings. The van der Waals surface area contributed by atoms with Gasteiger partial charge in [-0.15, -0.1) is 5.10 Å². The molecule has 32 heavy (non-hydrogen) atoms. The second-order valence-electron chi connectivity index (χ2n) is 9.06. The van der Waals surface area contributed by atoms with Crippen LogP contribution < -0.4 is 15.0 Å². The highest BCUT2D eigenvalue weighted by molar-refractivity contribution is 6.30. The zero-order valence-corrected chi connectivity index (χ0v) is 18.7. The van der Waals surface area contributed by atoms with Crippen LogP contribution in [0.2, 0.25) is 5.02 Å².